The Bertz CT molecular complexity index is 2020. The second kappa shape index (κ2) is 13.2. The first-order valence-corrected chi connectivity index (χ1v) is 17.4. The van der Waals surface area contributed by atoms with Crippen LogP contribution in [0.3, 0.4) is 0 Å². The largest absolute Gasteiger partial charge is 0.480 e. The van der Waals surface area contributed by atoms with Crippen LogP contribution < -0.4 is 11.0 Å². The second-order valence-electron chi connectivity index (χ2n) is 12.8. The van der Waals surface area contributed by atoms with Gasteiger partial charge >= 0.3 is 17.6 Å². The molecule has 2 atom stereocenters. The number of benzene rings is 1. The van der Waals surface area contributed by atoms with Crippen molar-refractivity contribution in [1.82, 2.24) is 28.7 Å². The summed E-state index contributed by atoms with van der Waals surface area (Å²) in [6.45, 7) is 8.09. The number of carboxylic acid groups (broad SMARTS) is 1. The molecule has 4 aromatic rings. The molecule has 16 heteroatoms. The number of amides is 1. The second-order valence-corrected chi connectivity index (χ2v) is 16.3. The van der Waals surface area contributed by atoms with Gasteiger partial charge < -0.3 is 15.2 Å². The molecule has 48 heavy (non-hydrogen) atoms. The molecule has 0 aliphatic carbocycles. The lowest BCUT2D eigenvalue weighted by Gasteiger charge is -2.32. The van der Waals surface area contributed by atoms with Crippen LogP contribution in [0.15, 0.2) is 76.8 Å². The van der Waals surface area contributed by atoms with E-state index in [1.165, 1.54) is 47.1 Å². The molecule has 1 fully saturated rings. The highest BCUT2D eigenvalue weighted by molar-refractivity contribution is 8.02. The van der Waals surface area contributed by atoms with Crippen LogP contribution in [0.4, 0.5) is 0 Å². The summed E-state index contributed by atoms with van der Waals surface area (Å²) in [5, 5.41) is 12.1. The number of sulfonamides is 1. The minimum absolute atomic E-state index is 0.00942. The van der Waals surface area contributed by atoms with E-state index in [-0.39, 0.29) is 22.8 Å². The van der Waals surface area contributed by atoms with Gasteiger partial charge in [-0.05, 0) is 76.6 Å². The van der Waals surface area contributed by atoms with Gasteiger partial charge in [0.2, 0.25) is 15.9 Å². The van der Waals surface area contributed by atoms with Crippen molar-refractivity contribution in [2.75, 3.05) is 5.88 Å². The fourth-order valence-electron chi connectivity index (χ4n) is 5.46. The number of nitrogens with one attached hydrogen (secondary N) is 1. The maximum absolute atomic E-state index is 14.0. The maximum atomic E-state index is 14.0. The minimum Gasteiger partial charge on any atom is -0.480 e. The van der Waals surface area contributed by atoms with Crippen LogP contribution in [-0.4, -0.2) is 83.1 Å². The number of carboxylic acids is 1. The van der Waals surface area contributed by atoms with Crippen LogP contribution in [-0.2, 0) is 42.1 Å². The Labute approximate surface area is 281 Å². The highest BCUT2D eigenvalue weighted by atomic mass is 32.2. The van der Waals surface area contributed by atoms with Crippen LogP contribution in [0.25, 0.3) is 16.9 Å². The smallest absolute Gasteiger partial charge is 0.335 e. The van der Waals surface area contributed by atoms with Gasteiger partial charge in [0.15, 0.2) is 5.65 Å². The van der Waals surface area contributed by atoms with Crippen LogP contribution in [0.1, 0.15) is 40.2 Å². The predicted molar refractivity (Wildman–Crippen MR) is 178 cm³/mol. The third kappa shape index (κ3) is 7.15. The number of imidazole rings is 1. The number of rotatable bonds is 10. The topological polar surface area (TPSA) is 183 Å². The molecule has 1 aliphatic rings. The molecule has 3 aromatic heterocycles. The maximum Gasteiger partial charge on any atom is 0.335 e. The van der Waals surface area contributed by atoms with Gasteiger partial charge in [0, 0.05) is 29.8 Å². The van der Waals surface area contributed by atoms with Gasteiger partial charge in [0.25, 0.3) is 0 Å². The lowest BCUT2D eigenvalue weighted by Crippen LogP contribution is -2.57. The molecule has 254 valence electrons. The summed E-state index contributed by atoms with van der Waals surface area (Å²) >= 11 is 1.30. The lowest BCUT2D eigenvalue weighted by molar-refractivity contribution is -0.158. The van der Waals surface area contributed by atoms with E-state index in [1.54, 1.807) is 71.0 Å². The number of ether oxygens (including phenoxy) is 1. The Hall–Kier alpha value is -4.54. The SMILES string of the molecule is CC(C)(C)OC(=O)C(Cc1ccc(-n2c(=O)n(CC(=O)O)c3cccnc32)cc1)NC(=O)[C@H]1N(S(=O)(=O)c2cccnc2)CSC1(C)C. The fourth-order valence-corrected chi connectivity index (χ4v) is 8.59. The lowest BCUT2D eigenvalue weighted by atomic mass is 10.0. The first-order chi connectivity index (χ1) is 22.5. The first-order valence-electron chi connectivity index (χ1n) is 15.0. The van der Waals surface area contributed by atoms with E-state index in [4.69, 9.17) is 4.74 Å². The number of esters is 1. The summed E-state index contributed by atoms with van der Waals surface area (Å²) in [6.07, 6.45) is 4.17. The van der Waals surface area contributed by atoms with E-state index in [0.717, 1.165) is 8.87 Å². The summed E-state index contributed by atoms with van der Waals surface area (Å²) in [4.78, 5) is 60.3. The summed E-state index contributed by atoms with van der Waals surface area (Å²) in [6, 6.07) is 10.4. The Kier molecular flexibility index (Phi) is 9.54. The first kappa shape index (κ1) is 34.8. The number of pyridine rings is 2. The Morgan fingerprint density at radius 2 is 1.79 bits per heavy atom. The molecule has 5 rings (SSSR count). The van der Waals surface area contributed by atoms with E-state index in [2.05, 4.69) is 15.3 Å². The third-order valence-electron chi connectivity index (χ3n) is 7.63. The molecular formula is C32H36N6O8S2. The van der Waals surface area contributed by atoms with Crippen molar-refractivity contribution >= 4 is 50.8 Å². The Balaban J connectivity index is 1.44. The quantitative estimate of drug-likeness (QED) is 0.233. The van der Waals surface area contributed by atoms with Gasteiger partial charge in [0.1, 0.15) is 29.1 Å². The van der Waals surface area contributed by atoms with Crippen molar-refractivity contribution in [2.24, 2.45) is 0 Å². The van der Waals surface area contributed by atoms with Crippen LogP contribution in [0, 0.1) is 0 Å². The van der Waals surface area contributed by atoms with Gasteiger partial charge in [-0.3, -0.25) is 19.1 Å². The van der Waals surface area contributed by atoms with Crippen LogP contribution >= 0.6 is 11.8 Å². The molecule has 1 saturated heterocycles. The summed E-state index contributed by atoms with van der Waals surface area (Å²) in [5.41, 5.74) is 0.189. The van der Waals surface area contributed by atoms with Crippen molar-refractivity contribution in [3.8, 4) is 5.69 Å². The number of hydrogen-bond acceptors (Lipinski definition) is 10. The molecule has 0 radical (unpaired) electrons. The van der Waals surface area contributed by atoms with Crippen molar-refractivity contribution in [3.63, 3.8) is 0 Å². The van der Waals surface area contributed by atoms with E-state index in [9.17, 15) is 32.7 Å². The number of hydrogen-bond donors (Lipinski definition) is 2. The van der Waals surface area contributed by atoms with E-state index in [1.807, 2.05) is 0 Å². The van der Waals surface area contributed by atoms with Crippen LogP contribution in [0.5, 0.6) is 0 Å². The van der Waals surface area contributed by atoms with Crippen LogP contribution in [0.2, 0.25) is 0 Å². The molecule has 4 heterocycles. The van der Waals surface area contributed by atoms with Gasteiger partial charge in [-0.2, -0.15) is 4.31 Å². The number of carbonyl (C=O) groups excluding carboxylic acids is 2. The van der Waals surface area contributed by atoms with Gasteiger partial charge in [0.05, 0.1) is 17.1 Å². The van der Waals surface area contributed by atoms with E-state index < -0.39 is 62.5 Å². The molecule has 0 spiro atoms. The number of thioether (sulfide) groups is 1. The average molecular weight is 697 g/mol. The van der Waals surface area contributed by atoms with E-state index >= 15 is 0 Å². The summed E-state index contributed by atoms with van der Waals surface area (Å²) < 4.78 is 35.5. The summed E-state index contributed by atoms with van der Waals surface area (Å²) in [7, 11) is -4.10. The number of fused-ring (bicyclic) bond motifs is 1. The number of aliphatic carboxylic acids is 1. The predicted octanol–water partition coefficient (Wildman–Crippen LogP) is 2.58. The fraction of sp³-hybridized carbons (Fsp3) is 0.375. The molecule has 0 bridgehead atoms. The zero-order chi connectivity index (χ0) is 35.0. The number of carbonyl (C=O) groups is 3. The zero-order valence-corrected chi connectivity index (χ0v) is 28.6. The Morgan fingerprint density at radius 1 is 1.10 bits per heavy atom. The molecule has 14 nitrogen and oxygen atoms in total. The van der Waals surface area contributed by atoms with Gasteiger partial charge in [-0.25, -0.2) is 27.6 Å². The molecule has 1 aliphatic heterocycles. The van der Waals surface area contributed by atoms with E-state index in [0.29, 0.717) is 16.8 Å². The standard InChI is InChI=1S/C32H36N6O8S2/c1-31(2,3)46-29(42)23(35-28(41)26-32(4,5)47-19-37(26)48(44,45)22-8-6-14-33-17-22)16-20-10-12-21(13-11-20)38-27-24(9-7-15-34-27)36(30(38)43)18-25(39)40/h6-15,17,23,26H,16,18-19H2,1-5H3,(H,35,41)(H,39,40)/t23?,26-/m1/s1. The molecule has 2 N–H and O–H groups in total. The van der Waals surface area contributed by atoms with Crippen molar-refractivity contribution in [3.05, 3.63) is 83.2 Å². The summed E-state index contributed by atoms with van der Waals surface area (Å²) in [5.74, 6) is -2.52. The molecular weight excluding hydrogens is 661 g/mol. The average Bonchev–Trinajstić information content (AvgIpc) is 3.49. The molecule has 1 unspecified atom stereocenters. The molecule has 1 amide bonds. The molecule has 1 aromatic carbocycles. The number of nitrogens with zero attached hydrogens (tertiary/aromatic N) is 5. The van der Waals surface area contributed by atoms with Gasteiger partial charge in [-0.1, -0.05) is 12.1 Å². The highest BCUT2D eigenvalue weighted by Gasteiger charge is 2.51. The Morgan fingerprint density at radius 3 is 2.42 bits per heavy atom. The number of aromatic nitrogens is 4. The van der Waals surface area contributed by atoms with Crippen molar-refractivity contribution in [1.29, 1.82) is 0 Å². The van der Waals surface area contributed by atoms with Gasteiger partial charge in [-0.15, -0.1) is 11.8 Å². The molecule has 0 saturated carbocycles. The third-order valence-corrected chi connectivity index (χ3v) is 11.0. The highest BCUT2D eigenvalue weighted by Crippen LogP contribution is 2.42. The normalized spacial score (nSPS) is 17.2. The van der Waals surface area contributed by atoms with Crippen molar-refractivity contribution < 1.29 is 32.6 Å². The monoisotopic (exact) mass is 696 g/mol. The van der Waals surface area contributed by atoms with Crippen molar-refractivity contribution in [2.45, 2.75) is 74.9 Å². The minimum atomic E-state index is -4.10. The zero-order valence-electron chi connectivity index (χ0n) is 27.0.